The van der Waals surface area contributed by atoms with Gasteiger partial charge in [-0.05, 0) is 6.92 Å². The third kappa shape index (κ3) is 2.47. The van der Waals surface area contributed by atoms with Gasteiger partial charge in [0.15, 0.2) is 0 Å². The zero-order valence-corrected chi connectivity index (χ0v) is 9.14. The highest BCUT2D eigenvalue weighted by Crippen LogP contribution is 2.07. The summed E-state index contributed by atoms with van der Waals surface area (Å²) in [6, 6.07) is -0.0276. The molecule has 1 aromatic heterocycles. The highest BCUT2D eigenvalue weighted by atomic mass is 32.2. The number of carboxylic acids is 1. The van der Waals surface area contributed by atoms with Crippen LogP contribution in [-0.4, -0.2) is 24.1 Å². The van der Waals surface area contributed by atoms with Crippen molar-refractivity contribution in [2.45, 2.75) is 17.9 Å². The fourth-order valence-electron chi connectivity index (χ4n) is 1.06. The first-order valence-electron chi connectivity index (χ1n) is 4.21. The summed E-state index contributed by atoms with van der Waals surface area (Å²) in [4.78, 5) is 21.2. The number of primary sulfonamides is 1. The Morgan fingerprint density at radius 2 is 2.12 bits per heavy atom. The minimum atomic E-state index is -4.14. The van der Waals surface area contributed by atoms with Crippen LogP contribution in [0.1, 0.15) is 13.0 Å². The van der Waals surface area contributed by atoms with E-state index in [1.165, 1.54) is 13.1 Å². The van der Waals surface area contributed by atoms with Crippen molar-refractivity contribution in [3.63, 3.8) is 0 Å². The molecule has 0 spiro atoms. The summed E-state index contributed by atoms with van der Waals surface area (Å²) >= 11 is 0. The number of carbonyl (C=O) groups is 1. The predicted molar refractivity (Wildman–Crippen MR) is 54.4 cm³/mol. The highest BCUT2D eigenvalue weighted by Gasteiger charge is 2.17. The zero-order chi connectivity index (χ0) is 12.5. The van der Waals surface area contributed by atoms with Crippen LogP contribution in [-0.2, 0) is 14.8 Å². The van der Waals surface area contributed by atoms with Gasteiger partial charge in [0.1, 0.15) is 10.9 Å². The molecule has 8 heteroatoms. The summed E-state index contributed by atoms with van der Waals surface area (Å²) < 4.78 is 23.1. The maximum absolute atomic E-state index is 11.2. The molecular formula is C8H10N2O5S. The van der Waals surface area contributed by atoms with E-state index in [9.17, 15) is 18.0 Å². The molecule has 0 fully saturated rings. The molecule has 0 bridgehead atoms. The van der Waals surface area contributed by atoms with E-state index < -0.39 is 32.4 Å². The molecule has 0 radical (unpaired) electrons. The van der Waals surface area contributed by atoms with Crippen molar-refractivity contribution in [1.82, 2.24) is 4.57 Å². The molecule has 1 aromatic rings. The van der Waals surface area contributed by atoms with Crippen LogP contribution in [0.5, 0.6) is 0 Å². The van der Waals surface area contributed by atoms with Crippen molar-refractivity contribution >= 4 is 16.0 Å². The minimum Gasteiger partial charge on any atom is -0.480 e. The van der Waals surface area contributed by atoms with Crippen molar-refractivity contribution in [1.29, 1.82) is 0 Å². The van der Waals surface area contributed by atoms with Gasteiger partial charge in [0, 0.05) is 18.5 Å². The molecule has 0 aliphatic rings. The van der Waals surface area contributed by atoms with Gasteiger partial charge in [-0.2, -0.15) is 0 Å². The molecule has 0 saturated heterocycles. The Morgan fingerprint density at radius 1 is 1.56 bits per heavy atom. The lowest BCUT2D eigenvalue weighted by atomic mass is 10.3. The van der Waals surface area contributed by atoms with Gasteiger partial charge in [0.25, 0.3) is 0 Å². The molecule has 1 rings (SSSR count). The summed E-state index contributed by atoms with van der Waals surface area (Å²) in [5.74, 6) is -1.15. The number of carboxylic acid groups (broad SMARTS) is 1. The number of sulfonamides is 1. The number of hydrogen-bond donors (Lipinski definition) is 2. The summed E-state index contributed by atoms with van der Waals surface area (Å²) in [7, 11) is -4.14. The Bertz CT molecular complexity index is 574. The normalized spacial score (nSPS) is 13.4. The quantitative estimate of drug-likeness (QED) is 0.719. The molecular weight excluding hydrogens is 236 g/mol. The Morgan fingerprint density at radius 3 is 2.56 bits per heavy atom. The number of hydrogen-bond acceptors (Lipinski definition) is 4. The minimum absolute atomic E-state index is 0.622. The molecule has 1 heterocycles. The lowest BCUT2D eigenvalue weighted by molar-refractivity contribution is -0.140. The maximum Gasteiger partial charge on any atom is 0.326 e. The third-order valence-corrected chi connectivity index (χ3v) is 2.94. The van der Waals surface area contributed by atoms with Gasteiger partial charge in [0.05, 0.1) is 0 Å². The van der Waals surface area contributed by atoms with E-state index in [1.54, 1.807) is 0 Å². The molecule has 0 aromatic carbocycles. The van der Waals surface area contributed by atoms with Crippen LogP contribution in [0, 0.1) is 0 Å². The number of nitrogens with zero attached hydrogens (tertiary/aromatic N) is 1. The van der Waals surface area contributed by atoms with Gasteiger partial charge >= 0.3 is 5.97 Å². The van der Waals surface area contributed by atoms with E-state index in [0.29, 0.717) is 0 Å². The van der Waals surface area contributed by atoms with Crippen LogP contribution >= 0.6 is 0 Å². The van der Waals surface area contributed by atoms with E-state index in [4.69, 9.17) is 10.2 Å². The van der Waals surface area contributed by atoms with Crippen molar-refractivity contribution in [2.24, 2.45) is 5.14 Å². The standard InChI is InChI=1S/C8H10N2O5S/c1-5(8(12)13)10-3-2-6(11)7(4-10)16(9,14)15/h2-5H,1H3,(H,12,13)(H2,9,14,15). The van der Waals surface area contributed by atoms with Gasteiger partial charge < -0.3 is 9.67 Å². The number of rotatable bonds is 3. The Kier molecular flexibility index (Phi) is 3.15. The topological polar surface area (TPSA) is 119 Å². The molecule has 1 unspecified atom stereocenters. The Balaban J connectivity index is 3.40. The largest absolute Gasteiger partial charge is 0.480 e. The van der Waals surface area contributed by atoms with Crippen LogP contribution in [0.15, 0.2) is 28.2 Å². The van der Waals surface area contributed by atoms with Crippen LogP contribution < -0.4 is 10.6 Å². The summed E-state index contributed by atoms with van der Waals surface area (Å²) in [5.41, 5.74) is -0.767. The van der Waals surface area contributed by atoms with Crippen LogP contribution in [0.2, 0.25) is 0 Å². The smallest absolute Gasteiger partial charge is 0.326 e. The van der Waals surface area contributed by atoms with Gasteiger partial charge in [-0.15, -0.1) is 0 Å². The summed E-state index contributed by atoms with van der Waals surface area (Å²) in [6.07, 6.45) is 2.10. The number of aliphatic carboxylic acids is 1. The number of nitrogens with two attached hydrogens (primary N) is 1. The maximum atomic E-state index is 11.2. The average molecular weight is 246 g/mol. The van der Waals surface area contributed by atoms with E-state index in [-0.39, 0.29) is 0 Å². The lowest BCUT2D eigenvalue weighted by Crippen LogP contribution is -2.25. The molecule has 1 atom stereocenters. The molecule has 16 heavy (non-hydrogen) atoms. The van der Waals surface area contributed by atoms with Crippen LogP contribution in [0.25, 0.3) is 0 Å². The Labute approximate surface area is 91.2 Å². The van der Waals surface area contributed by atoms with Crippen molar-refractivity contribution < 1.29 is 18.3 Å². The second kappa shape index (κ2) is 4.06. The zero-order valence-electron chi connectivity index (χ0n) is 8.32. The van der Waals surface area contributed by atoms with Crippen molar-refractivity contribution in [3.05, 3.63) is 28.7 Å². The Hall–Kier alpha value is -1.67. The fourth-order valence-corrected chi connectivity index (χ4v) is 1.68. The molecule has 0 aliphatic heterocycles. The monoisotopic (exact) mass is 246 g/mol. The number of pyridine rings is 1. The van der Waals surface area contributed by atoms with Gasteiger partial charge in [-0.1, -0.05) is 0 Å². The second-order valence-corrected chi connectivity index (χ2v) is 4.71. The SMILES string of the molecule is CC(C(=O)O)n1ccc(=O)c(S(N)(=O)=O)c1. The van der Waals surface area contributed by atoms with Crippen molar-refractivity contribution in [2.75, 3.05) is 0 Å². The first kappa shape index (κ1) is 12.4. The summed E-state index contributed by atoms with van der Waals surface area (Å²) in [5, 5.41) is 13.5. The van der Waals surface area contributed by atoms with Crippen LogP contribution in [0.3, 0.4) is 0 Å². The van der Waals surface area contributed by atoms with Crippen LogP contribution in [0.4, 0.5) is 0 Å². The predicted octanol–water partition coefficient (Wildman–Crippen LogP) is -0.859. The van der Waals surface area contributed by atoms with E-state index in [2.05, 4.69) is 0 Å². The highest BCUT2D eigenvalue weighted by molar-refractivity contribution is 7.89. The lowest BCUT2D eigenvalue weighted by Gasteiger charge is -2.11. The van der Waals surface area contributed by atoms with E-state index in [0.717, 1.165) is 16.8 Å². The van der Waals surface area contributed by atoms with E-state index in [1.807, 2.05) is 0 Å². The fraction of sp³-hybridized carbons (Fsp3) is 0.250. The second-order valence-electron chi connectivity index (χ2n) is 3.18. The summed E-state index contributed by atoms with van der Waals surface area (Å²) in [6.45, 7) is 1.35. The molecule has 88 valence electrons. The molecule has 0 aliphatic carbocycles. The van der Waals surface area contributed by atoms with Gasteiger partial charge in [-0.25, -0.2) is 18.4 Å². The first-order chi connectivity index (χ1) is 7.23. The molecule has 3 N–H and O–H groups in total. The third-order valence-electron chi connectivity index (χ3n) is 2.02. The van der Waals surface area contributed by atoms with Crippen molar-refractivity contribution in [3.8, 4) is 0 Å². The first-order valence-corrected chi connectivity index (χ1v) is 5.75. The average Bonchev–Trinajstić information content (AvgIpc) is 2.15. The molecule has 0 saturated carbocycles. The number of aromatic nitrogens is 1. The molecule has 7 nitrogen and oxygen atoms in total. The van der Waals surface area contributed by atoms with Gasteiger partial charge in [-0.3, -0.25) is 4.79 Å². The molecule has 0 amide bonds. The van der Waals surface area contributed by atoms with E-state index >= 15 is 0 Å². The van der Waals surface area contributed by atoms with Gasteiger partial charge in [0.2, 0.25) is 15.5 Å².